The lowest BCUT2D eigenvalue weighted by molar-refractivity contribution is 0.351. The summed E-state index contributed by atoms with van der Waals surface area (Å²) in [6, 6.07) is 2.29. The molecule has 2 aliphatic rings. The van der Waals surface area contributed by atoms with Gasteiger partial charge in [0.1, 0.15) is 10.3 Å². The Hall–Kier alpha value is -2.06. The van der Waals surface area contributed by atoms with E-state index in [0.29, 0.717) is 12.0 Å². The molecule has 3 aromatic rings. The molecule has 6 nitrogen and oxygen atoms in total. The van der Waals surface area contributed by atoms with Crippen molar-refractivity contribution in [2.75, 3.05) is 18.8 Å². The largest absolute Gasteiger partial charge is 0.368 e. The van der Waals surface area contributed by atoms with Crippen molar-refractivity contribution in [1.82, 2.24) is 24.8 Å². The van der Waals surface area contributed by atoms with Gasteiger partial charge in [-0.05, 0) is 34.8 Å². The maximum atomic E-state index is 14.4. The van der Waals surface area contributed by atoms with Gasteiger partial charge in [-0.1, -0.05) is 0 Å². The standard InChI is InChI=1S/C17H16BrFN6/c18-13-3-10-11(15-12(19)6-22-17(20)24-15)7-25(9-4-21-5-9)16(10)14(23-13)8-1-2-8/h3,6-9,21H,1-2,4-5H2,(H2,20,22,24). The van der Waals surface area contributed by atoms with E-state index in [1.165, 1.54) is 0 Å². The van der Waals surface area contributed by atoms with Crippen LogP contribution < -0.4 is 11.1 Å². The van der Waals surface area contributed by atoms with Gasteiger partial charge in [0.25, 0.3) is 0 Å². The fourth-order valence-corrected chi connectivity index (χ4v) is 3.85. The molecule has 0 unspecified atom stereocenters. The molecule has 0 bridgehead atoms. The third-order valence-corrected chi connectivity index (χ3v) is 5.35. The first-order valence-electron chi connectivity index (χ1n) is 8.32. The van der Waals surface area contributed by atoms with Crippen molar-refractivity contribution in [3.63, 3.8) is 0 Å². The van der Waals surface area contributed by atoms with E-state index >= 15 is 0 Å². The fourth-order valence-electron chi connectivity index (χ4n) is 3.43. The lowest BCUT2D eigenvalue weighted by Crippen LogP contribution is -2.43. The van der Waals surface area contributed by atoms with Crippen molar-refractivity contribution in [2.45, 2.75) is 24.8 Å². The number of fused-ring (bicyclic) bond motifs is 1. The number of hydrogen-bond donors (Lipinski definition) is 2. The van der Waals surface area contributed by atoms with Gasteiger partial charge in [-0.25, -0.2) is 19.3 Å². The Morgan fingerprint density at radius 2 is 2.08 bits per heavy atom. The normalized spacial score (nSPS) is 17.8. The topological polar surface area (TPSA) is 81.6 Å². The van der Waals surface area contributed by atoms with Crippen LogP contribution in [0.3, 0.4) is 0 Å². The number of nitrogen functional groups attached to an aromatic ring is 1. The second-order valence-corrected chi connectivity index (χ2v) is 7.50. The quantitative estimate of drug-likeness (QED) is 0.658. The Kier molecular flexibility index (Phi) is 3.33. The van der Waals surface area contributed by atoms with Gasteiger partial charge < -0.3 is 15.6 Å². The molecule has 3 N–H and O–H groups in total. The van der Waals surface area contributed by atoms with Crippen molar-refractivity contribution in [1.29, 1.82) is 0 Å². The summed E-state index contributed by atoms with van der Waals surface area (Å²) in [5.74, 6) is 0.0777. The van der Waals surface area contributed by atoms with Gasteiger partial charge in [-0.3, -0.25) is 0 Å². The Morgan fingerprint density at radius 1 is 1.28 bits per heavy atom. The van der Waals surface area contributed by atoms with E-state index in [-0.39, 0.29) is 11.6 Å². The van der Waals surface area contributed by atoms with Crippen LogP contribution in [0.25, 0.3) is 22.2 Å². The minimum absolute atomic E-state index is 0.0677. The van der Waals surface area contributed by atoms with Gasteiger partial charge in [0.15, 0.2) is 5.82 Å². The molecule has 1 saturated carbocycles. The molecule has 0 atom stereocenters. The molecule has 0 radical (unpaired) electrons. The van der Waals surface area contributed by atoms with Crippen LogP contribution in [-0.4, -0.2) is 32.6 Å². The highest BCUT2D eigenvalue weighted by atomic mass is 79.9. The van der Waals surface area contributed by atoms with Gasteiger partial charge in [0.05, 0.1) is 23.4 Å². The van der Waals surface area contributed by atoms with Crippen LogP contribution in [0.5, 0.6) is 0 Å². The highest BCUT2D eigenvalue weighted by Gasteiger charge is 2.32. The van der Waals surface area contributed by atoms with Crippen molar-refractivity contribution >= 4 is 32.8 Å². The zero-order valence-corrected chi connectivity index (χ0v) is 14.9. The summed E-state index contributed by atoms with van der Waals surface area (Å²) in [5, 5.41) is 4.25. The number of hydrogen-bond acceptors (Lipinski definition) is 5. The number of pyridine rings is 1. The molecule has 4 heterocycles. The van der Waals surface area contributed by atoms with E-state index < -0.39 is 5.82 Å². The zero-order chi connectivity index (χ0) is 17.1. The molecule has 25 heavy (non-hydrogen) atoms. The first-order chi connectivity index (χ1) is 12.1. The second kappa shape index (κ2) is 5.47. The van der Waals surface area contributed by atoms with Crippen LogP contribution in [0.1, 0.15) is 30.5 Å². The summed E-state index contributed by atoms with van der Waals surface area (Å²) >= 11 is 3.51. The van der Waals surface area contributed by atoms with Gasteiger partial charge in [0, 0.05) is 36.2 Å². The maximum Gasteiger partial charge on any atom is 0.220 e. The van der Waals surface area contributed by atoms with Crippen LogP contribution in [-0.2, 0) is 0 Å². The second-order valence-electron chi connectivity index (χ2n) is 6.69. The van der Waals surface area contributed by atoms with E-state index in [2.05, 4.69) is 35.8 Å². The lowest BCUT2D eigenvalue weighted by atomic mass is 10.1. The summed E-state index contributed by atoms with van der Waals surface area (Å²) in [5.41, 5.74) is 8.85. The Bertz CT molecular complexity index is 992. The number of anilines is 1. The summed E-state index contributed by atoms with van der Waals surface area (Å²) in [7, 11) is 0. The summed E-state index contributed by atoms with van der Waals surface area (Å²) in [6.07, 6.45) is 5.42. The third kappa shape index (κ3) is 2.43. The highest BCUT2D eigenvalue weighted by Crippen LogP contribution is 2.45. The summed E-state index contributed by atoms with van der Waals surface area (Å²) < 4.78 is 17.4. The molecular weight excluding hydrogens is 387 g/mol. The van der Waals surface area contributed by atoms with Crippen molar-refractivity contribution in [3.8, 4) is 11.3 Å². The number of nitrogens with zero attached hydrogens (tertiary/aromatic N) is 4. The van der Waals surface area contributed by atoms with E-state index in [1.54, 1.807) is 0 Å². The van der Waals surface area contributed by atoms with E-state index in [1.807, 2.05) is 12.3 Å². The monoisotopic (exact) mass is 402 g/mol. The van der Waals surface area contributed by atoms with Crippen LogP contribution in [0.2, 0.25) is 0 Å². The third-order valence-electron chi connectivity index (χ3n) is 4.94. The van der Waals surface area contributed by atoms with Crippen LogP contribution in [0, 0.1) is 5.82 Å². The van der Waals surface area contributed by atoms with Crippen LogP contribution >= 0.6 is 15.9 Å². The molecule has 3 aromatic heterocycles. The predicted octanol–water partition coefficient (Wildman–Crippen LogP) is 3.00. The van der Waals surface area contributed by atoms with Crippen molar-refractivity contribution in [2.24, 2.45) is 0 Å². The molecule has 0 aromatic carbocycles. The lowest BCUT2D eigenvalue weighted by Gasteiger charge is -2.29. The molecule has 2 fully saturated rings. The van der Waals surface area contributed by atoms with Crippen molar-refractivity contribution < 1.29 is 4.39 Å². The van der Waals surface area contributed by atoms with Gasteiger partial charge >= 0.3 is 0 Å². The highest BCUT2D eigenvalue weighted by molar-refractivity contribution is 9.10. The average Bonchev–Trinajstić information content (AvgIpc) is 3.31. The average molecular weight is 403 g/mol. The van der Waals surface area contributed by atoms with Crippen LogP contribution in [0.4, 0.5) is 10.3 Å². The molecular formula is C17H16BrFN6. The Morgan fingerprint density at radius 3 is 2.76 bits per heavy atom. The minimum Gasteiger partial charge on any atom is -0.368 e. The van der Waals surface area contributed by atoms with E-state index in [9.17, 15) is 4.39 Å². The molecule has 128 valence electrons. The number of aromatic nitrogens is 4. The van der Waals surface area contributed by atoms with E-state index in [0.717, 1.165) is 58.9 Å². The fraction of sp³-hybridized carbons (Fsp3) is 0.353. The zero-order valence-electron chi connectivity index (χ0n) is 13.3. The molecule has 1 aliphatic heterocycles. The first-order valence-corrected chi connectivity index (χ1v) is 9.11. The number of rotatable bonds is 3. The number of nitrogens with one attached hydrogen (secondary N) is 1. The van der Waals surface area contributed by atoms with Gasteiger partial charge in [-0.2, -0.15) is 0 Å². The predicted molar refractivity (Wildman–Crippen MR) is 96.7 cm³/mol. The van der Waals surface area contributed by atoms with Gasteiger partial charge in [-0.15, -0.1) is 0 Å². The maximum absolute atomic E-state index is 14.4. The molecule has 1 aliphatic carbocycles. The van der Waals surface area contributed by atoms with Crippen molar-refractivity contribution in [3.05, 3.63) is 34.6 Å². The smallest absolute Gasteiger partial charge is 0.220 e. The Balaban J connectivity index is 1.83. The minimum atomic E-state index is -0.471. The van der Waals surface area contributed by atoms with Crippen LogP contribution in [0.15, 0.2) is 23.1 Å². The number of halogens is 2. The SMILES string of the molecule is Nc1ncc(F)c(-c2cn(C3CNC3)c3c(C4CC4)nc(Br)cc23)n1. The summed E-state index contributed by atoms with van der Waals surface area (Å²) in [4.78, 5) is 12.6. The molecule has 8 heteroatoms. The number of nitrogens with two attached hydrogens (primary N) is 1. The molecule has 0 spiro atoms. The molecule has 5 rings (SSSR count). The molecule has 0 amide bonds. The summed E-state index contributed by atoms with van der Waals surface area (Å²) in [6.45, 7) is 1.80. The van der Waals surface area contributed by atoms with E-state index in [4.69, 9.17) is 10.7 Å². The molecule has 1 saturated heterocycles. The van der Waals surface area contributed by atoms with Gasteiger partial charge in [0.2, 0.25) is 5.95 Å². The Labute approximate surface area is 151 Å². The first kappa shape index (κ1) is 15.2.